The van der Waals surface area contributed by atoms with Crippen LogP contribution in [0.4, 0.5) is 0 Å². The average molecular weight is 283 g/mol. The van der Waals surface area contributed by atoms with E-state index in [1.807, 2.05) is 0 Å². The van der Waals surface area contributed by atoms with Crippen molar-refractivity contribution in [3.8, 4) is 0 Å². The van der Waals surface area contributed by atoms with Gasteiger partial charge in [0, 0.05) is 21.7 Å². The van der Waals surface area contributed by atoms with Crippen LogP contribution in [0.5, 0.6) is 0 Å². The molecule has 2 rings (SSSR count). The summed E-state index contributed by atoms with van der Waals surface area (Å²) in [6.07, 6.45) is 4.08. The van der Waals surface area contributed by atoms with Crippen molar-refractivity contribution in [2.75, 3.05) is 7.05 Å². The Morgan fingerprint density at radius 2 is 2.00 bits per heavy atom. The molecule has 2 saturated heterocycles. The number of fused-ring (bicyclic) bond motifs is 2. The Labute approximate surface area is 84.8 Å². The SMILES string of the molecule is CN1[C@@H]2CC[C@H]1[C@H](Br)[C@@H](Br)C2. The Morgan fingerprint density at radius 3 is 2.73 bits per heavy atom. The lowest BCUT2D eigenvalue weighted by atomic mass is 10.0. The Hall–Kier alpha value is 0.920. The van der Waals surface area contributed by atoms with Gasteiger partial charge in [0.2, 0.25) is 0 Å². The molecule has 2 heterocycles. The highest BCUT2D eigenvalue weighted by molar-refractivity contribution is 9.12. The molecule has 0 N–H and O–H groups in total. The minimum atomic E-state index is 0.659. The molecular weight excluding hydrogens is 270 g/mol. The number of hydrogen-bond acceptors (Lipinski definition) is 1. The van der Waals surface area contributed by atoms with E-state index < -0.39 is 0 Å². The van der Waals surface area contributed by atoms with E-state index in [1.54, 1.807) is 0 Å². The van der Waals surface area contributed by atoms with Crippen molar-refractivity contribution in [2.24, 2.45) is 0 Å². The lowest BCUT2D eigenvalue weighted by molar-refractivity contribution is 0.192. The molecule has 0 aromatic heterocycles. The van der Waals surface area contributed by atoms with Crippen molar-refractivity contribution >= 4 is 31.9 Å². The summed E-state index contributed by atoms with van der Waals surface area (Å²) in [4.78, 5) is 3.89. The fourth-order valence-corrected chi connectivity index (χ4v) is 3.98. The average Bonchev–Trinajstić information content (AvgIpc) is 2.23. The van der Waals surface area contributed by atoms with E-state index in [9.17, 15) is 0 Å². The molecule has 4 atom stereocenters. The molecule has 2 aliphatic heterocycles. The van der Waals surface area contributed by atoms with Gasteiger partial charge < -0.3 is 0 Å². The highest BCUT2D eigenvalue weighted by atomic mass is 79.9. The third-order valence-corrected chi connectivity index (χ3v) is 6.01. The molecule has 0 aliphatic carbocycles. The highest BCUT2D eigenvalue weighted by Crippen LogP contribution is 2.40. The van der Waals surface area contributed by atoms with Crippen LogP contribution in [0.15, 0.2) is 0 Å². The number of piperidine rings is 1. The van der Waals surface area contributed by atoms with E-state index in [2.05, 4.69) is 43.8 Å². The molecule has 1 nitrogen and oxygen atoms in total. The maximum absolute atomic E-state index is 3.76. The van der Waals surface area contributed by atoms with Crippen molar-refractivity contribution in [1.29, 1.82) is 0 Å². The van der Waals surface area contributed by atoms with E-state index in [0.717, 1.165) is 12.1 Å². The molecule has 2 fully saturated rings. The Balaban J connectivity index is 2.16. The van der Waals surface area contributed by atoms with Gasteiger partial charge in [0.15, 0.2) is 0 Å². The molecule has 11 heavy (non-hydrogen) atoms. The quantitative estimate of drug-likeness (QED) is 0.617. The summed E-state index contributed by atoms with van der Waals surface area (Å²) < 4.78 is 0. The summed E-state index contributed by atoms with van der Waals surface area (Å²) in [7, 11) is 2.26. The molecule has 2 bridgehead atoms. The van der Waals surface area contributed by atoms with Gasteiger partial charge in [-0.15, -0.1) is 0 Å². The molecule has 0 aromatic carbocycles. The molecular formula is C8H13Br2N. The molecule has 0 spiro atoms. The fourth-order valence-electron chi connectivity index (χ4n) is 2.34. The maximum Gasteiger partial charge on any atom is 0.0427 e. The van der Waals surface area contributed by atoms with Crippen molar-refractivity contribution in [3.63, 3.8) is 0 Å². The monoisotopic (exact) mass is 281 g/mol. The van der Waals surface area contributed by atoms with Gasteiger partial charge in [-0.2, -0.15) is 0 Å². The van der Waals surface area contributed by atoms with Gasteiger partial charge in [0.1, 0.15) is 0 Å². The largest absolute Gasteiger partial charge is 0.299 e. The number of nitrogens with zero attached hydrogens (tertiary/aromatic N) is 1. The fraction of sp³-hybridized carbons (Fsp3) is 1.00. The second kappa shape index (κ2) is 3.00. The lowest BCUT2D eigenvalue weighted by Gasteiger charge is -2.37. The van der Waals surface area contributed by atoms with Crippen molar-refractivity contribution in [1.82, 2.24) is 4.90 Å². The molecule has 0 amide bonds. The molecule has 0 saturated carbocycles. The number of alkyl halides is 2. The number of halogens is 2. The summed E-state index contributed by atoms with van der Waals surface area (Å²) in [6.45, 7) is 0. The van der Waals surface area contributed by atoms with Crippen LogP contribution >= 0.6 is 31.9 Å². The van der Waals surface area contributed by atoms with Gasteiger partial charge in [-0.3, -0.25) is 4.90 Å². The van der Waals surface area contributed by atoms with Crippen LogP contribution < -0.4 is 0 Å². The second-order valence-electron chi connectivity index (χ2n) is 3.66. The molecule has 64 valence electrons. The van der Waals surface area contributed by atoms with Crippen LogP contribution in [0.25, 0.3) is 0 Å². The Kier molecular flexibility index (Phi) is 2.32. The van der Waals surface area contributed by atoms with E-state index in [0.29, 0.717) is 9.65 Å². The van der Waals surface area contributed by atoms with Gasteiger partial charge in [-0.05, 0) is 26.3 Å². The summed E-state index contributed by atoms with van der Waals surface area (Å²) in [5.74, 6) is 0. The standard InChI is InChI=1S/C8H13Br2N/c1-11-5-2-3-7(11)8(10)6(9)4-5/h5-8H,2-4H2,1H3/t5-,6+,7+,8-/m1/s1. The summed E-state index contributed by atoms with van der Waals surface area (Å²) in [5, 5.41) is 0. The second-order valence-corrected chi connectivity index (χ2v) is 5.89. The molecule has 3 heteroatoms. The minimum Gasteiger partial charge on any atom is -0.299 e. The summed E-state index contributed by atoms with van der Waals surface area (Å²) >= 11 is 7.49. The summed E-state index contributed by atoms with van der Waals surface area (Å²) in [5.41, 5.74) is 0. The van der Waals surface area contributed by atoms with Crippen LogP contribution in [0.1, 0.15) is 19.3 Å². The molecule has 2 aliphatic rings. The maximum atomic E-state index is 3.76. The topological polar surface area (TPSA) is 3.24 Å². The predicted molar refractivity (Wildman–Crippen MR) is 54.6 cm³/mol. The summed E-state index contributed by atoms with van der Waals surface area (Å²) in [6, 6.07) is 1.62. The van der Waals surface area contributed by atoms with Gasteiger partial charge in [-0.25, -0.2) is 0 Å². The van der Waals surface area contributed by atoms with Gasteiger partial charge in [0.05, 0.1) is 0 Å². The third kappa shape index (κ3) is 1.29. The minimum absolute atomic E-state index is 0.659. The molecule has 0 aromatic rings. The Morgan fingerprint density at radius 1 is 1.27 bits per heavy atom. The normalized spacial score (nSPS) is 51.5. The van der Waals surface area contributed by atoms with Gasteiger partial charge in [0.25, 0.3) is 0 Å². The van der Waals surface area contributed by atoms with Crippen LogP contribution in [-0.4, -0.2) is 33.7 Å². The van der Waals surface area contributed by atoms with Gasteiger partial charge >= 0.3 is 0 Å². The van der Waals surface area contributed by atoms with Crippen LogP contribution in [0, 0.1) is 0 Å². The smallest absolute Gasteiger partial charge is 0.0427 e. The third-order valence-electron chi connectivity index (χ3n) is 3.11. The van der Waals surface area contributed by atoms with Crippen LogP contribution in [0.3, 0.4) is 0 Å². The predicted octanol–water partition coefficient (Wildman–Crippen LogP) is 2.38. The van der Waals surface area contributed by atoms with E-state index in [1.165, 1.54) is 19.3 Å². The van der Waals surface area contributed by atoms with Crippen LogP contribution in [0.2, 0.25) is 0 Å². The first-order valence-electron chi connectivity index (χ1n) is 4.20. The van der Waals surface area contributed by atoms with Gasteiger partial charge in [-0.1, -0.05) is 31.9 Å². The number of hydrogen-bond donors (Lipinski definition) is 0. The number of rotatable bonds is 0. The van der Waals surface area contributed by atoms with Crippen molar-refractivity contribution in [2.45, 2.75) is 41.0 Å². The molecule has 0 unspecified atom stereocenters. The lowest BCUT2D eigenvalue weighted by Crippen LogP contribution is -2.47. The zero-order chi connectivity index (χ0) is 8.01. The first kappa shape index (κ1) is 8.52. The zero-order valence-electron chi connectivity index (χ0n) is 6.63. The first-order chi connectivity index (χ1) is 5.20. The zero-order valence-corrected chi connectivity index (χ0v) is 9.81. The van der Waals surface area contributed by atoms with E-state index in [-0.39, 0.29) is 0 Å². The van der Waals surface area contributed by atoms with Crippen LogP contribution in [-0.2, 0) is 0 Å². The Bertz CT molecular complexity index is 162. The van der Waals surface area contributed by atoms with Crippen molar-refractivity contribution in [3.05, 3.63) is 0 Å². The first-order valence-corrected chi connectivity index (χ1v) is 6.03. The van der Waals surface area contributed by atoms with Crippen molar-refractivity contribution < 1.29 is 0 Å². The van der Waals surface area contributed by atoms with E-state index >= 15 is 0 Å². The highest BCUT2D eigenvalue weighted by Gasteiger charge is 2.43. The van der Waals surface area contributed by atoms with E-state index in [4.69, 9.17) is 0 Å². The molecule has 0 radical (unpaired) electrons.